The first-order valence-corrected chi connectivity index (χ1v) is 6.56. The maximum absolute atomic E-state index is 12.2. The fraction of sp³-hybridized carbons (Fsp3) is 0.429. The number of carbonyl (C=O) groups excluding carboxylic acids is 2. The number of amides is 3. The summed E-state index contributed by atoms with van der Waals surface area (Å²) in [7, 11) is 0. The Kier molecular flexibility index (Phi) is 4.01. The lowest BCUT2D eigenvalue weighted by Crippen LogP contribution is -2.56. The molecule has 3 rings (SSSR count). The molecule has 20 heavy (non-hydrogen) atoms. The van der Waals surface area contributed by atoms with Crippen molar-refractivity contribution in [2.24, 2.45) is 0 Å². The number of hydrogen-bond acceptors (Lipinski definition) is 3. The summed E-state index contributed by atoms with van der Waals surface area (Å²) >= 11 is 0. The largest absolute Gasteiger partial charge is 0.329 e. The molecule has 108 valence electrons. The molecule has 3 amide bonds. The van der Waals surface area contributed by atoms with Crippen LogP contribution >= 0.6 is 12.4 Å². The first kappa shape index (κ1) is 14.8. The van der Waals surface area contributed by atoms with E-state index in [1.165, 1.54) is 0 Å². The maximum atomic E-state index is 12.2. The summed E-state index contributed by atoms with van der Waals surface area (Å²) in [5.41, 5.74) is 1.21. The normalized spacial score (nSPS) is 20.8. The molecule has 1 aromatic carbocycles. The number of imide groups is 1. The molecule has 1 spiro atoms. The molecule has 1 aromatic rings. The van der Waals surface area contributed by atoms with E-state index in [1.807, 2.05) is 31.2 Å². The van der Waals surface area contributed by atoms with Gasteiger partial charge in [0.25, 0.3) is 5.91 Å². The molecule has 2 heterocycles. The van der Waals surface area contributed by atoms with Crippen LogP contribution in [-0.4, -0.2) is 30.6 Å². The third-order valence-electron chi connectivity index (χ3n) is 4.00. The van der Waals surface area contributed by atoms with Gasteiger partial charge in [-0.3, -0.25) is 15.0 Å². The molecular formula is C14H18ClN3O2. The maximum Gasteiger partial charge on any atom is 0.329 e. The summed E-state index contributed by atoms with van der Waals surface area (Å²) in [6.45, 7) is 3.51. The summed E-state index contributed by atoms with van der Waals surface area (Å²) in [6, 6.07) is 7.41. The monoisotopic (exact) mass is 295 g/mol. The van der Waals surface area contributed by atoms with Crippen LogP contribution in [0.1, 0.15) is 18.4 Å². The fourth-order valence-electron chi connectivity index (χ4n) is 2.91. The number of halogens is 1. The molecule has 2 N–H and O–H groups in total. The van der Waals surface area contributed by atoms with E-state index < -0.39 is 5.54 Å². The molecule has 0 saturated carbocycles. The fourth-order valence-corrected chi connectivity index (χ4v) is 2.91. The average Bonchev–Trinajstić information content (AvgIpc) is 2.64. The lowest BCUT2D eigenvalue weighted by Gasteiger charge is -2.38. The van der Waals surface area contributed by atoms with Gasteiger partial charge in [-0.25, -0.2) is 4.79 Å². The van der Waals surface area contributed by atoms with E-state index in [2.05, 4.69) is 10.6 Å². The van der Waals surface area contributed by atoms with Gasteiger partial charge in [0, 0.05) is 5.69 Å². The lowest BCUT2D eigenvalue weighted by molar-refractivity contribution is -0.124. The molecule has 2 fully saturated rings. The van der Waals surface area contributed by atoms with E-state index in [0.717, 1.165) is 24.3 Å². The number of piperidine rings is 1. The van der Waals surface area contributed by atoms with Gasteiger partial charge in [-0.2, -0.15) is 0 Å². The van der Waals surface area contributed by atoms with Crippen LogP contribution in [0.2, 0.25) is 0 Å². The molecule has 2 saturated heterocycles. The highest BCUT2D eigenvalue weighted by atomic mass is 35.5. The van der Waals surface area contributed by atoms with Gasteiger partial charge in [0.1, 0.15) is 5.54 Å². The predicted octanol–water partition coefficient (Wildman–Crippen LogP) is 1.60. The number of hydrogen-bond donors (Lipinski definition) is 2. The van der Waals surface area contributed by atoms with Gasteiger partial charge in [-0.1, -0.05) is 17.7 Å². The number of urea groups is 1. The van der Waals surface area contributed by atoms with Crippen molar-refractivity contribution < 1.29 is 9.59 Å². The van der Waals surface area contributed by atoms with Gasteiger partial charge >= 0.3 is 6.03 Å². The van der Waals surface area contributed by atoms with Gasteiger partial charge in [0.05, 0.1) is 0 Å². The molecule has 0 atom stereocenters. The zero-order chi connectivity index (χ0) is 13.5. The molecule has 2 aliphatic heterocycles. The summed E-state index contributed by atoms with van der Waals surface area (Å²) in [6.07, 6.45) is 1.30. The summed E-state index contributed by atoms with van der Waals surface area (Å²) in [5, 5.41) is 5.70. The first-order chi connectivity index (χ1) is 9.13. The molecule has 5 nitrogen and oxygen atoms in total. The quantitative estimate of drug-likeness (QED) is 0.774. The smallest absolute Gasteiger partial charge is 0.317 e. The van der Waals surface area contributed by atoms with Gasteiger partial charge in [-0.05, 0) is 45.0 Å². The van der Waals surface area contributed by atoms with E-state index in [9.17, 15) is 9.59 Å². The second-order valence-electron chi connectivity index (χ2n) is 5.21. The zero-order valence-corrected chi connectivity index (χ0v) is 12.1. The van der Waals surface area contributed by atoms with Crippen LogP contribution in [0.5, 0.6) is 0 Å². The Morgan fingerprint density at radius 1 is 1.10 bits per heavy atom. The van der Waals surface area contributed by atoms with Crippen LogP contribution in [0.15, 0.2) is 24.3 Å². The zero-order valence-electron chi connectivity index (χ0n) is 11.3. The Bertz CT molecular complexity index is 524. The third kappa shape index (κ3) is 2.17. The van der Waals surface area contributed by atoms with Crippen molar-refractivity contribution in [3.63, 3.8) is 0 Å². The highest BCUT2D eigenvalue weighted by molar-refractivity contribution is 6.17. The van der Waals surface area contributed by atoms with Crippen molar-refractivity contribution in [1.29, 1.82) is 0 Å². The van der Waals surface area contributed by atoms with Crippen molar-refractivity contribution in [2.75, 3.05) is 18.0 Å². The molecular weight excluding hydrogens is 278 g/mol. The number of nitrogens with one attached hydrogen (secondary N) is 2. The van der Waals surface area contributed by atoms with E-state index >= 15 is 0 Å². The molecule has 0 unspecified atom stereocenters. The minimum absolute atomic E-state index is 0. The Labute approximate surface area is 124 Å². The van der Waals surface area contributed by atoms with Gasteiger partial charge < -0.3 is 5.32 Å². The van der Waals surface area contributed by atoms with Crippen LogP contribution in [-0.2, 0) is 4.79 Å². The number of carbonyl (C=O) groups is 2. The van der Waals surface area contributed by atoms with Crippen molar-refractivity contribution in [3.05, 3.63) is 29.8 Å². The number of anilines is 1. The van der Waals surface area contributed by atoms with E-state index in [0.29, 0.717) is 12.8 Å². The lowest BCUT2D eigenvalue weighted by atomic mass is 9.86. The van der Waals surface area contributed by atoms with Gasteiger partial charge in [-0.15, -0.1) is 12.4 Å². The topological polar surface area (TPSA) is 61.4 Å². The number of benzene rings is 1. The summed E-state index contributed by atoms with van der Waals surface area (Å²) in [4.78, 5) is 26.0. The number of nitrogens with zero attached hydrogens (tertiary/aromatic N) is 1. The minimum Gasteiger partial charge on any atom is -0.317 e. The second-order valence-corrected chi connectivity index (χ2v) is 5.21. The van der Waals surface area contributed by atoms with Crippen molar-refractivity contribution in [3.8, 4) is 0 Å². The Morgan fingerprint density at radius 3 is 2.30 bits per heavy atom. The second kappa shape index (κ2) is 5.42. The number of rotatable bonds is 1. The van der Waals surface area contributed by atoms with Crippen LogP contribution in [0.3, 0.4) is 0 Å². The standard InChI is InChI=1S/C14H17N3O2.ClH/c1-10-2-4-11(5-3-10)17-13(19)16-12(18)14(17)6-8-15-9-7-14;/h2-5,15H,6-9H2,1H3,(H,16,18,19);1H. The predicted molar refractivity (Wildman–Crippen MR) is 79.3 cm³/mol. The van der Waals surface area contributed by atoms with Crippen LogP contribution < -0.4 is 15.5 Å². The first-order valence-electron chi connectivity index (χ1n) is 6.56. The Morgan fingerprint density at radius 2 is 1.70 bits per heavy atom. The van der Waals surface area contributed by atoms with Crippen LogP contribution in [0.4, 0.5) is 10.5 Å². The van der Waals surface area contributed by atoms with Crippen molar-refractivity contribution >= 4 is 30.0 Å². The number of aryl methyl sites for hydroxylation is 1. The minimum atomic E-state index is -0.711. The molecule has 0 radical (unpaired) electrons. The third-order valence-corrected chi connectivity index (χ3v) is 4.00. The molecule has 0 aromatic heterocycles. The summed E-state index contributed by atoms with van der Waals surface area (Å²) < 4.78 is 0. The van der Waals surface area contributed by atoms with Crippen LogP contribution in [0, 0.1) is 6.92 Å². The van der Waals surface area contributed by atoms with Gasteiger partial charge in [0.15, 0.2) is 0 Å². The Hall–Kier alpha value is -1.59. The van der Waals surface area contributed by atoms with E-state index in [-0.39, 0.29) is 24.3 Å². The average molecular weight is 296 g/mol. The highest BCUT2D eigenvalue weighted by Crippen LogP contribution is 2.35. The summed E-state index contributed by atoms with van der Waals surface area (Å²) in [5.74, 6) is -0.167. The highest BCUT2D eigenvalue weighted by Gasteiger charge is 2.53. The van der Waals surface area contributed by atoms with E-state index in [1.54, 1.807) is 4.90 Å². The molecule has 2 aliphatic rings. The molecule has 0 aliphatic carbocycles. The van der Waals surface area contributed by atoms with E-state index in [4.69, 9.17) is 0 Å². The van der Waals surface area contributed by atoms with Gasteiger partial charge in [0.2, 0.25) is 0 Å². The van der Waals surface area contributed by atoms with Crippen molar-refractivity contribution in [2.45, 2.75) is 25.3 Å². The van der Waals surface area contributed by atoms with Crippen molar-refractivity contribution in [1.82, 2.24) is 10.6 Å². The molecule has 6 heteroatoms. The Balaban J connectivity index is 0.00000147. The van der Waals surface area contributed by atoms with Crippen LogP contribution in [0.25, 0.3) is 0 Å². The molecule has 0 bridgehead atoms. The SMILES string of the molecule is Cc1ccc(N2C(=O)NC(=O)C23CCNCC3)cc1.Cl.